The zero-order chi connectivity index (χ0) is 15.8. The molecule has 23 heavy (non-hydrogen) atoms. The van der Waals surface area contributed by atoms with Crippen molar-refractivity contribution >= 4 is 33.8 Å². The fourth-order valence-corrected chi connectivity index (χ4v) is 3.93. The third kappa shape index (κ3) is 2.57. The van der Waals surface area contributed by atoms with Gasteiger partial charge in [-0.25, -0.2) is 4.98 Å². The molecule has 0 bridgehead atoms. The summed E-state index contributed by atoms with van der Waals surface area (Å²) in [5, 5.41) is 4.06. The summed E-state index contributed by atoms with van der Waals surface area (Å²) in [6, 6.07) is 10.1. The Hall–Kier alpha value is -2.40. The molecule has 4 rings (SSSR count). The molecule has 2 N–H and O–H groups in total. The number of carbonyl (C=O) groups excluding carboxylic acids is 1. The van der Waals surface area contributed by atoms with E-state index in [1.54, 1.807) is 6.20 Å². The minimum Gasteiger partial charge on any atom is -0.383 e. The summed E-state index contributed by atoms with van der Waals surface area (Å²) >= 11 is 1.51. The Morgan fingerprint density at radius 3 is 2.78 bits per heavy atom. The number of carbonyl (C=O) groups is 1. The van der Waals surface area contributed by atoms with Crippen molar-refractivity contribution in [1.82, 2.24) is 9.88 Å². The molecule has 1 aliphatic heterocycles. The third-order valence-electron chi connectivity index (χ3n) is 4.33. The van der Waals surface area contributed by atoms with E-state index in [0.717, 1.165) is 52.7 Å². The highest BCUT2D eigenvalue weighted by Crippen LogP contribution is 2.30. The van der Waals surface area contributed by atoms with Crippen molar-refractivity contribution in [2.75, 3.05) is 18.8 Å². The number of nitrogen functional groups attached to an aromatic ring is 1. The molecular formula is C18H17N3OS. The largest absolute Gasteiger partial charge is 0.383 e. The lowest BCUT2D eigenvalue weighted by atomic mass is 10.0. The molecule has 0 spiro atoms. The molecule has 2 aromatic heterocycles. The summed E-state index contributed by atoms with van der Waals surface area (Å²) in [5.74, 6) is 0.689. The highest BCUT2D eigenvalue weighted by atomic mass is 32.1. The zero-order valence-corrected chi connectivity index (χ0v) is 13.5. The Bertz CT molecular complexity index is 881. The lowest BCUT2D eigenvalue weighted by molar-refractivity contribution is 0.0797. The van der Waals surface area contributed by atoms with Crippen LogP contribution in [-0.2, 0) is 0 Å². The standard InChI is InChI=1S/C18H17N3OS/c19-17-15-9-13(4-3-12(15)5-6-20-17)14-10-16(23-11-14)18(22)21-7-1-2-8-21/h3-6,9-11H,1-2,7-8H2,(H2,19,20). The van der Waals surface area contributed by atoms with Crippen molar-refractivity contribution < 1.29 is 4.79 Å². The predicted octanol–water partition coefficient (Wildman–Crippen LogP) is 3.78. The van der Waals surface area contributed by atoms with Gasteiger partial charge in [-0.3, -0.25) is 4.79 Å². The van der Waals surface area contributed by atoms with E-state index in [1.807, 2.05) is 34.5 Å². The Balaban J connectivity index is 1.68. The molecule has 4 nitrogen and oxygen atoms in total. The monoisotopic (exact) mass is 323 g/mol. The molecular weight excluding hydrogens is 306 g/mol. The van der Waals surface area contributed by atoms with Gasteiger partial charge in [0.15, 0.2) is 0 Å². The smallest absolute Gasteiger partial charge is 0.263 e. The van der Waals surface area contributed by atoms with Gasteiger partial charge in [0.25, 0.3) is 5.91 Å². The van der Waals surface area contributed by atoms with Gasteiger partial charge in [-0.05, 0) is 52.9 Å². The summed E-state index contributed by atoms with van der Waals surface area (Å²) in [4.78, 5) is 19.4. The molecule has 1 amide bonds. The van der Waals surface area contributed by atoms with Gasteiger partial charge in [0.1, 0.15) is 5.82 Å². The van der Waals surface area contributed by atoms with Crippen molar-refractivity contribution in [3.05, 3.63) is 46.8 Å². The van der Waals surface area contributed by atoms with Crippen LogP contribution in [0.1, 0.15) is 22.5 Å². The predicted molar refractivity (Wildman–Crippen MR) is 94.6 cm³/mol. The first-order valence-electron chi connectivity index (χ1n) is 7.75. The molecule has 0 saturated carbocycles. The Morgan fingerprint density at radius 1 is 1.13 bits per heavy atom. The second kappa shape index (κ2) is 5.66. The lowest BCUT2D eigenvalue weighted by Crippen LogP contribution is -2.26. The number of pyridine rings is 1. The first kappa shape index (κ1) is 14.2. The molecule has 5 heteroatoms. The van der Waals surface area contributed by atoms with Gasteiger partial charge in [0.05, 0.1) is 4.88 Å². The molecule has 1 saturated heterocycles. The molecule has 1 aliphatic rings. The third-order valence-corrected chi connectivity index (χ3v) is 5.25. The average Bonchev–Trinajstić information content (AvgIpc) is 3.26. The molecule has 1 aromatic carbocycles. The van der Waals surface area contributed by atoms with Crippen LogP contribution < -0.4 is 5.73 Å². The summed E-state index contributed by atoms with van der Waals surface area (Å²) in [6.07, 6.45) is 3.94. The number of fused-ring (bicyclic) bond motifs is 1. The second-order valence-electron chi connectivity index (χ2n) is 5.83. The van der Waals surface area contributed by atoms with Crippen molar-refractivity contribution in [2.45, 2.75) is 12.8 Å². The Morgan fingerprint density at radius 2 is 1.96 bits per heavy atom. The lowest BCUT2D eigenvalue weighted by Gasteiger charge is -2.13. The number of nitrogens with two attached hydrogens (primary N) is 1. The highest BCUT2D eigenvalue weighted by molar-refractivity contribution is 7.12. The van der Waals surface area contributed by atoms with E-state index in [1.165, 1.54) is 11.3 Å². The van der Waals surface area contributed by atoms with E-state index in [4.69, 9.17) is 5.73 Å². The highest BCUT2D eigenvalue weighted by Gasteiger charge is 2.21. The van der Waals surface area contributed by atoms with Crippen LogP contribution in [0.4, 0.5) is 5.82 Å². The second-order valence-corrected chi connectivity index (χ2v) is 6.74. The summed E-state index contributed by atoms with van der Waals surface area (Å²) in [7, 11) is 0. The molecule has 0 aliphatic carbocycles. The van der Waals surface area contributed by atoms with Gasteiger partial charge in [0.2, 0.25) is 0 Å². The average molecular weight is 323 g/mol. The van der Waals surface area contributed by atoms with Crippen LogP contribution in [0.3, 0.4) is 0 Å². The molecule has 1 fully saturated rings. The van der Waals surface area contributed by atoms with Gasteiger partial charge >= 0.3 is 0 Å². The maximum atomic E-state index is 12.5. The van der Waals surface area contributed by atoms with Crippen LogP contribution in [0.5, 0.6) is 0 Å². The van der Waals surface area contributed by atoms with Crippen LogP contribution in [0.25, 0.3) is 21.9 Å². The fraction of sp³-hybridized carbons (Fsp3) is 0.222. The van der Waals surface area contributed by atoms with Crippen LogP contribution in [0, 0.1) is 0 Å². The minimum atomic E-state index is 0.153. The summed E-state index contributed by atoms with van der Waals surface area (Å²) in [5.41, 5.74) is 8.09. The fourth-order valence-electron chi connectivity index (χ4n) is 3.05. The van der Waals surface area contributed by atoms with Crippen molar-refractivity contribution in [3.8, 4) is 11.1 Å². The van der Waals surface area contributed by atoms with E-state index in [0.29, 0.717) is 5.82 Å². The van der Waals surface area contributed by atoms with E-state index < -0.39 is 0 Å². The zero-order valence-electron chi connectivity index (χ0n) is 12.7. The molecule has 3 aromatic rings. The number of hydrogen-bond acceptors (Lipinski definition) is 4. The molecule has 116 valence electrons. The SMILES string of the molecule is Nc1nccc2ccc(-c3csc(C(=O)N4CCCC4)c3)cc12. The minimum absolute atomic E-state index is 0.153. The molecule has 0 atom stereocenters. The summed E-state index contributed by atoms with van der Waals surface area (Å²) < 4.78 is 0. The van der Waals surface area contributed by atoms with Crippen LogP contribution in [0.2, 0.25) is 0 Å². The number of benzene rings is 1. The van der Waals surface area contributed by atoms with Gasteiger partial charge < -0.3 is 10.6 Å². The van der Waals surface area contributed by atoms with Gasteiger partial charge in [-0.2, -0.15) is 0 Å². The van der Waals surface area contributed by atoms with E-state index in [9.17, 15) is 4.79 Å². The van der Waals surface area contributed by atoms with E-state index in [-0.39, 0.29) is 5.91 Å². The van der Waals surface area contributed by atoms with Crippen LogP contribution in [-0.4, -0.2) is 28.9 Å². The van der Waals surface area contributed by atoms with Crippen molar-refractivity contribution in [1.29, 1.82) is 0 Å². The Kier molecular flexibility index (Phi) is 3.50. The van der Waals surface area contributed by atoms with E-state index in [2.05, 4.69) is 11.1 Å². The van der Waals surface area contributed by atoms with Gasteiger partial charge in [-0.1, -0.05) is 12.1 Å². The first-order chi connectivity index (χ1) is 11.2. The van der Waals surface area contributed by atoms with Crippen molar-refractivity contribution in [2.24, 2.45) is 0 Å². The number of thiophene rings is 1. The topological polar surface area (TPSA) is 59.2 Å². The molecule has 3 heterocycles. The van der Waals surface area contributed by atoms with Gasteiger partial charge in [-0.15, -0.1) is 11.3 Å². The quantitative estimate of drug-likeness (QED) is 0.781. The number of aromatic nitrogens is 1. The Labute approximate surface area is 138 Å². The number of likely N-dealkylation sites (tertiary alicyclic amines) is 1. The summed E-state index contributed by atoms with van der Waals surface area (Å²) in [6.45, 7) is 1.76. The van der Waals surface area contributed by atoms with E-state index >= 15 is 0 Å². The van der Waals surface area contributed by atoms with Crippen LogP contribution >= 0.6 is 11.3 Å². The maximum Gasteiger partial charge on any atom is 0.263 e. The normalized spacial score (nSPS) is 14.5. The number of anilines is 1. The first-order valence-corrected chi connectivity index (χ1v) is 8.63. The molecule has 0 unspecified atom stereocenters. The number of nitrogens with zero attached hydrogens (tertiary/aromatic N) is 2. The number of amides is 1. The molecule has 0 radical (unpaired) electrons. The van der Waals surface area contributed by atoms with Gasteiger partial charge in [0, 0.05) is 24.7 Å². The maximum absolute atomic E-state index is 12.5. The van der Waals surface area contributed by atoms with Crippen molar-refractivity contribution in [3.63, 3.8) is 0 Å². The number of hydrogen-bond donors (Lipinski definition) is 1. The number of rotatable bonds is 2. The van der Waals surface area contributed by atoms with Crippen LogP contribution in [0.15, 0.2) is 41.9 Å².